The van der Waals surface area contributed by atoms with Crippen molar-refractivity contribution < 1.29 is 15.0 Å². The lowest BCUT2D eigenvalue weighted by molar-refractivity contribution is -0.136. The second-order valence-corrected chi connectivity index (χ2v) is 6.11. The first-order valence-electron chi connectivity index (χ1n) is 7.65. The molecule has 2 aromatic carbocycles. The molecular weight excluding hydrogens is 276 g/mol. The summed E-state index contributed by atoms with van der Waals surface area (Å²) in [7, 11) is 0. The standard InChI is InChI=1S/C19H20O3/c20-13-19(10-11-19)17-7-5-15(6-8-17)16-3-1-2-14(12-16)4-9-18(21)22/h1-3,5-8,12,20H,4,9-11,13H2,(H,21,22). The van der Waals surface area contributed by atoms with E-state index in [1.54, 1.807) is 0 Å². The van der Waals surface area contributed by atoms with E-state index in [2.05, 4.69) is 30.3 Å². The van der Waals surface area contributed by atoms with Gasteiger partial charge < -0.3 is 10.2 Å². The van der Waals surface area contributed by atoms with Crippen LogP contribution >= 0.6 is 0 Å². The minimum Gasteiger partial charge on any atom is -0.481 e. The van der Waals surface area contributed by atoms with Gasteiger partial charge in [0, 0.05) is 11.8 Å². The second kappa shape index (κ2) is 5.93. The molecular formula is C19H20O3. The highest BCUT2D eigenvalue weighted by Crippen LogP contribution is 2.47. The number of carbonyl (C=O) groups is 1. The van der Waals surface area contributed by atoms with Crippen molar-refractivity contribution in [1.82, 2.24) is 0 Å². The Morgan fingerprint density at radius 2 is 1.77 bits per heavy atom. The van der Waals surface area contributed by atoms with Gasteiger partial charge in [-0.05, 0) is 41.5 Å². The number of benzene rings is 2. The Morgan fingerprint density at radius 1 is 1.05 bits per heavy atom. The van der Waals surface area contributed by atoms with E-state index in [-0.39, 0.29) is 18.4 Å². The Labute approximate surface area is 130 Å². The molecule has 0 bridgehead atoms. The predicted octanol–water partition coefficient (Wildman–Crippen LogP) is 3.39. The van der Waals surface area contributed by atoms with Gasteiger partial charge in [-0.2, -0.15) is 0 Å². The van der Waals surface area contributed by atoms with Crippen LogP contribution in [0.1, 0.15) is 30.4 Å². The van der Waals surface area contributed by atoms with Crippen molar-refractivity contribution >= 4 is 5.97 Å². The van der Waals surface area contributed by atoms with Crippen LogP contribution in [0.25, 0.3) is 11.1 Å². The molecule has 0 atom stereocenters. The molecule has 114 valence electrons. The number of carboxylic acids is 1. The molecule has 3 nitrogen and oxygen atoms in total. The summed E-state index contributed by atoms with van der Waals surface area (Å²) >= 11 is 0. The molecule has 1 aliphatic carbocycles. The summed E-state index contributed by atoms with van der Waals surface area (Å²) in [4.78, 5) is 10.7. The van der Waals surface area contributed by atoms with Gasteiger partial charge in [0.25, 0.3) is 0 Å². The van der Waals surface area contributed by atoms with E-state index in [1.807, 2.05) is 18.2 Å². The molecule has 2 aromatic rings. The lowest BCUT2D eigenvalue weighted by Gasteiger charge is -2.13. The second-order valence-electron chi connectivity index (χ2n) is 6.11. The maximum Gasteiger partial charge on any atom is 0.303 e. The summed E-state index contributed by atoms with van der Waals surface area (Å²) in [5.74, 6) is -0.770. The average molecular weight is 296 g/mol. The van der Waals surface area contributed by atoms with Crippen LogP contribution in [0.2, 0.25) is 0 Å². The minimum absolute atomic E-state index is 0.00185. The highest BCUT2D eigenvalue weighted by atomic mass is 16.4. The molecule has 0 heterocycles. The van der Waals surface area contributed by atoms with E-state index in [9.17, 15) is 9.90 Å². The van der Waals surface area contributed by atoms with Crippen LogP contribution in [0.3, 0.4) is 0 Å². The van der Waals surface area contributed by atoms with Gasteiger partial charge in [-0.3, -0.25) is 4.79 Å². The Hall–Kier alpha value is -2.13. The number of aliphatic hydroxyl groups excluding tert-OH is 1. The largest absolute Gasteiger partial charge is 0.481 e. The third-order valence-corrected chi connectivity index (χ3v) is 4.54. The van der Waals surface area contributed by atoms with E-state index in [1.165, 1.54) is 5.56 Å². The van der Waals surface area contributed by atoms with Crippen molar-refractivity contribution in [2.24, 2.45) is 0 Å². The van der Waals surface area contributed by atoms with Crippen LogP contribution in [0.4, 0.5) is 0 Å². The van der Waals surface area contributed by atoms with Gasteiger partial charge in [-0.15, -0.1) is 0 Å². The number of carboxylic acid groups (broad SMARTS) is 1. The van der Waals surface area contributed by atoms with Crippen LogP contribution in [0.15, 0.2) is 48.5 Å². The Kier molecular flexibility index (Phi) is 3.99. The highest BCUT2D eigenvalue weighted by molar-refractivity contribution is 5.68. The monoisotopic (exact) mass is 296 g/mol. The van der Waals surface area contributed by atoms with E-state index in [4.69, 9.17) is 5.11 Å². The zero-order chi connectivity index (χ0) is 15.6. The molecule has 0 radical (unpaired) electrons. The fourth-order valence-electron chi connectivity index (χ4n) is 2.86. The van der Waals surface area contributed by atoms with Crippen molar-refractivity contribution in [3.05, 3.63) is 59.7 Å². The van der Waals surface area contributed by atoms with Crippen LogP contribution in [-0.4, -0.2) is 22.8 Å². The molecule has 0 spiro atoms. The normalized spacial score (nSPS) is 15.5. The molecule has 0 amide bonds. The number of hydrogen-bond acceptors (Lipinski definition) is 2. The maximum absolute atomic E-state index is 10.7. The van der Waals surface area contributed by atoms with E-state index in [0.29, 0.717) is 6.42 Å². The fourth-order valence-corrected chi connectivity index (χ4v) is 2.86. The molecule has 0 aliphatic heterocycles. The van der Waals surface area contributed by atoms with Gasteiger partial charge >= 0.3 is 5.97 Å². The first-order valence-corrected chi connectivity index (χ1v) is 7.65. The smallest absolute Gasteiger partial charge is 0.303 e. The third-order valence-electron chi connectivity index (χ3n) is 4.54. The zero-order valence-electron chi connectivity index (χ0n) is 12.5. The minimum atomic E-state index is -0.770. The van der Waals surface area contributed by atoms with Gasteiger partial charge in [0.15, 0.2) is 0 Å². The summed E-state index contributed by atoms with van der Waals surface area (Å²) < 4.78 is 0. The molecule has 0 aromatic heterocycles. The van der Waals surface area contributed by atoms with Crippen molar-refractivity contribution in [2.75, 3.05) is 6.61 Å². The number of aryl methyl sites for hydroxylation is 1. The van der Waals surface area contributed by atoms with Crippen molar-refractivity contribution in [1.29, 1.82) is 0 Å². The molecule has 3 heteroatoms. The van der Waals surface area contributed by atoms with E-state index < -0.39 is 5.97 Å². The van der Waals surface area contributed by atoms with Crippen molar-refractivity contribution in [3.63, 3.8) is 0 Å². The fraction of sp³-hybridized carbons (Fsp3) is 0.316. The summed E-state index contributed by atoms with van der Waals surface area (Å²) in [6.07, 6.45) is 2.83. The molecule has 2 N–H and O–H groups in total. The van der Waals surface area contributed by atoms with Gasteiger partial charge in [0.2, 0.25) is 0 Å². The Morgan fingerprint density at radius 3 is 2.36 bits per heavy atom. The Balaban J connectivity index is 1.79. The topological polar surface area (TPSA) is 57.5 Å². The number of aliphatic hydroxyl groups is 1. The van der Waals surface area contributed by atoms with Gasteiger partial charge in [0.05, 0.1) is 6.61 Å². The summed E-state index contributed by atoms with van der Waals surface area (Å²) in [5, 5.41) is 18.3. The number of hydrogen-bond donors (Lipinski definition) is 2. The predicted molar refractivity (Wildman–Crippen MR) is 85.8 cm³/mol. The highest BCUT2D eigenvalue weighted by Gasteiger charge is 2.43. The van der Waals surface area contributed by atoms with Crippen molar-refractivity contribution in [3.8, 4) is 11.1 Å². The summed E-state index contributed by atoms with van der Waals surface area (Å²) in [6.45, 7) is 0.219. The lowest BCUT2D eigenvalue weighted by atomic mass is 9.94. The van der Waals surface area contributed by atoms with Gasteiger partial charge in [0.1, 0.15) is 0 Å². The Bertz CT molecular complexity index is 669. The lowest BCUT2D eigenvalue weighted by Crippen LogP contribution is -2.11. The number of aliphatic carboxylic acids is 1. The average Bonchev–Trinajstić information content (AvgIpc) is 3.35. The molecule has 3 rings (SSSR count). The first kappa shape index (κ1) is 14.8. The molecule has 0 saturated heterocycles. The molecule has 0 unspecified atom stereocenters. The molecule has 1 aliphatic rings. The molecule has 1 saturated carbocycles. The SMILES string of the molecule is O=C(O)CCc1cccc(-c2ccc(C3(CO)CC3)cc2)c1. The zero-order valence-corrected chi connectivity index (χ0v) is 12.5. The quantitative estimate of drug-likeness (QED) is 0.859. The van der Waals surface area contributed by atoms with Crippen LogP contribution < -0.4 is 0 Å². The third kappa shape index (κ3) is 3.04. The molecule has 1 fully saturated rings. The summed E-state index contributed by atoms with van der Waals surface area (Å²) in [5.41, 5.74) is 4.47. The van der Waals surface area contributed by atoms with E-state index >= 15 is 0 Å². The van der Waals surface area contributed by atoms with Gasteiger partial charge in [-0.25, -0.2) is 0 Å². The maximum atomic E-state index is 10.7. The van der Waals surface area contributed by atoms with Crippen LogP contribution in [0, 0.1) is 0 Å². The van der Waals surface area contributed by atoms with E-state index in [0.717, 1.165) is 29.5 Å². The van der Waals surface area contributed by atoms with Crippen molar-refractivity contribution in [2.45, 2.75) is 31.1 Å². The van der Waals surface area contributed by atoms with Crippen LogP contribution in [0.5, 0.6) is 0 Å². The van der Waals surface area contributed by atoms with Crippen LogP contribution in [-0.2, 0) is 16.6 Å². The summed E-state index contributed by atoms with van der Waals surface area (Å²) in [6, 6.07) is 16.4. The molecule has 22 heavy (non-hydrogen) atoms. The van der Waals surface area contributed by atoms with Gasteiger partial charge in [-0.1, -0.05) is 48.5 Å². The first-order chi connectivity index (χ1) is 10.6. The number of rotatable bonds is 6.